The first kappa shape index (κ1) is 41.4. The molecule has 0 heterocycles. The van der Waals surface area contributed by atoms with E-state index >= 15 is 0 Å². The molecule has 0 fully saturated rings. The lowest BCUT2D eigenvalue weighted by Gasteiger charge is -2.29. The maximum atomic E-state index is 2.46. The Bertz CT molecular complexity index is 3660. The summed E-state index contributed by atoms with van der Waals surface area (Å²) >= 11 is 0. The molecule has 12 aromatic rings. The van der Waals surface area contributed by atoms with Crippen molar-refractivity contribution < 1.29 is 0 Å². The van der Waals surface area contributed by atoms with Gasteiger partial charge in [0.25, 0.3) is 0 Å². The topological polar surface area (TPSA) is 3.24 Å². The van der Waals surface area contributed by atoms with Crippen LogP contribution >= 0.6 is 0 Å². The summed E-state index contributed by atoms with van der Waals surface area (Å²) in [6.07, 6.45) is 0. The van der Waals surface area contributed by atoms with Crippen LogP contribution in [0.25, 0.3) is 99.4 Å². The standard InChI is InChI=1S/C68H47N/c1-7-22-48(23-8-1)55-40-43-65(64(47-55)51-28-13-4-14-29-51)69(59-45-56(49-24-9-2-10-25-49)44-57(46-59)50-26-11-3-12-27-50)58-41-38-52(39-42-58)60-36-21-37-63-67(54-32-17-6-18-33-54)66(53-30-15-5-16-31-53)61-34-19-20-35-62(61)68(60)63/h1-47H. The number of rotatable bonds is 10. The highest BCUT2D eigenvalue weighted by molar-refractivity contribution is 6.25. The Kier molecular flexibility index (Phi) is 11.0. The van der Waals surface area contributed by atoms with Crippen molar-refractivity contribution in [3.05, 3.63) is 285 Å². The lowest BCUT2D eigenvalue weighted by molar-refractivity contribution is 1.28. The second-order valence-electron chi connectivity index (χ2n) is 17.6. The molecule has 1 heteroatoms. The van der Waals surface area contributed by atoms with Crippen LogP contribution in [0.5, 0.6) is 0 Å². The van der Waals surface area contributed by atoms with Crippen LogP contribution in [0, 0.1) is 0 Å². The minimum atomic E-state index is 1.06. The summed E-state index contributed by atoms with van der Waals surface area (Å²) in [7, 11) is 0. The van der Waals surface area contributed by atoms with Gasteiger partial charge in [-0.2, -0.15) is 0 Å². The maximum absolute atomic E-state index is 2.46. The SMILES string of the molecule is c1ccc(-c2cc(-c3ccccc3)cc(N(c3ccc(-c4cccc5c(-c6ccccc6)c(-c6ccccc6)c6ccccc6c45)cc3)c3ccc(-c4ccccc4)cc3-c3ccccc3)c2)cc1. The van der Waals surface area contributed by atoms with Crippen molar-refractivity contribution in [3.8, 4) is 77.9 Å². The third-order valence-corrected chi connectivity index (χ3v) is 13.4. The average Bonchev–Trinajstić information content (AvgIpc) is 3.44. The molecule has 0 radical (unpaired) electrons. The average molecular weight is 878 g/mol. The Morgan fingerprint density at radius 2 is 0.609 bits per heavy atom. The maximum Gasteiger partial charge on any atom is 0.0540 e. The Morgan fingerprint density at radius 1 is 0.203 bits per heavy atom. The highest BCUT2D eigenvalue weighted by atomic mass is 15.1. The van der Waals surface area contributed by atoms with Crippen LogP contribution in [0.3, 0.4) is 0 Å². The Labute approximate surface area is 404 Å². The summed E-state index contributed by atoms with van der Waals surface area (Å²) in [6, 6.07) is 104. The molecule has 0 amide bonds. The van der Waals surface area contributed by atoms with E-state index in [2.05, 4.69) is 290 Å². The fraction of sp³-hybridized carbons (Fsp3) is 0. The molecule has 0 aliphatic heterocycles. The van der Waals surface area contributed by atoms with E-state index < -0.39 is 0 Å². The van der Waals surface area contributed by atoms with Crippen molar-refractivity contribution in [3.63, 3.8) is 0 Å². The van der Waals surface area contributed by atoms with E-state index in [9.17, 15) is 0 Å². The first-order chi connectivity index (χ1) is 34.2. The second-order valence-corrected chi connectivity index (χ2v) is 17.6. The van der Waals surface area contributed by atoms with E-state index in [4.69, 9.17) is 0 Å². The highest BCUT2D eigenvalue weighted by Crippen LogP contribution is 2.49. The van der Waals surface area contributed by atoms with Gasteiger partial charge in [0.15, 0.2) is 0 Å². The largest absolute Gasteiger partial charge is 0.310 e. The van der Waals surface area contributed by atoms with Crippen LogP contribution in [0.2, 0.25) is 0 Å². The number of benzene rings is 12. The van der Waals surface area contributed by atoms with Gasteiger partial charge in [0, 0.05) is 16.9 Å². The monoisotopic (exact) mass is 877 g/mol. The van der Waals surface area contributed by atoms with Gasteiger partial charge in [0.05, 0.1) is 5.69 Å². The Balaban J connectivity index is 1.09. The van der Waals surface area contributed by atoms with Crippen LogP contribution in [0.15, 0.2) is 285 Å². The van der Waals surface area contributed by atoms with Crippen molar-refractivity contribution in [2.75, 3.05) is 4.90 Å². The molecule has 0 bridgehead atoms. The van der Waals surface area contributed by atoms with E-state index in [1.54, 1.807) is 0 Å². The second kappa shape index (κ2) is 18.3. The van der Waals surface area contributed by atoms with Gasteiger partial charge >= 0.3 is 0 Å². The Morgan fingerprint density at radius 3 is 1.14 bits per heavy atom. The summed E-state index contributed by atoms with van der Waals surface area (Å²) in [5.74, 6) is 0. The zero-order valence-corrected chi connectivity index (χ0v) is 38.1. The summed E-state index contributed by atoms with van der Waals surface area (Å²) < 4.78 is 0. The molecule has 12 aromatic carbocycles. The van der Waals surface area contributed by atoms with Gasteiger partial charge in [-0.05, 0) is 136 Å². The molecule has 0 aliphatic carbocycles. The van der Waals surface area contributed by atoms with E-state index in [1.807, 2.05) is 0 Å². The summed E-state index contributed by atoms with van der Waals surface area (Å²) in [5.41, 5.74) is 19.8. The first-order valence-electron chi connectivity index (χ1n) is 23.7. The minimum Gasteiger partial charge on any atom is -0.310 e. The number of fused-ring (bicyclic) bond motifs is 3. The van der Waals surface area contributed by atoms with E-state index in [-0.39, 0.29) is 0 Å². The van der Waals surface area contributed by atoms with Gasteiger partial charge in [-0.1, -0.05) is 243 Å². The van der Waals surface area contributed by atoms with Crippen molar-refractivity contribution in [1.29, 1.82) is 0 Å². The smallest absolute Gasteiger partial charge is 0.0540 e. The third-order valence-electron chi connectivity index (χ3n) is 13.4. The molecular weight excluding hydrogens is 831 g/mol. The summed E-state index contributed by atoms with van der Waals surface area (Å²) in [5, 5.41) is 4.97. The number of anilines is 3. The predicted octanol–water partition coefficient (Wildman–Crippen LogP) is 19.1. The van der Waals surface area contributed by atoms with Crippen LogP contribution in [-0.2, 0) is 0 Å². The van der Waals surface area contributed by atoms with Crippen LogP contribution in [0.1, 0.15) is 0 Å². The van der Waals surface area contributed by atoms with Crippen LogP contribution < -0.4 is 4.90 Å². The zero-order chi connectivity index (χ0) is 45.9. The molecule has 0 aliphatic rings. The van der Waals surface area contributed by atoms with Gasteiger partial charge in [0.2, 0.25) is 0 Å². The fourth-order valence-electron chi connectivity index (χ4n) is 10.2. The molecule has 0 atom stereocenters. The van der Waals surface area contributed by atoms with Gasteiger partial charge in [-0.15, -0.1) is 0 Å². The minimum absolute atomic E-state index is 1.06. The predicted molar refractivity (Wildman–Crippen MR) is 294 cm³/mol. The van der Waals surface area contributed by atoms with Crippen molar-refractivity contribution in [2.24, 2.45) is 0 Å². The van der Waals surface area contributed by atoms with Gasteiger partial charge in [-0.25, -0.2) is 0 Å². The summed E-state index contributed by atoms with van der Waals surface area (Å²) in [6.45, 7) is 0. The lowest BCUT2D eigenvalue weighted by atomic mass is 9.83. The molecule has 0 unspecified atom stereocenters. The molecule has 0 N–H and O–H groups in total. The molecule has 69 heavy (non-hydrogen) atoms. The quantitative estimate of drug-likeness (QED) is 0.124. The number of hydrogen-bond acceptors (Lipinski definition) is 1. The van der Waals surface area contributed by atoms with E-state index in [0.717, 1.165) is 44.9 Å². The van der Waals surface area contributed by atoms with Gasteiger partial charge < -0.3 is 4.90 Å². The van der Waals surface area contributed by atoms with Gasteiger partial charge in [0.1, 0.15) is 0 Å². The van der Waals surface area contributed by atoms with Crippen molar-refractivity contribution in [2.45, 2.75) is 0 Å². The molecule has 0 saturated carbocycles. The van der Waals surface area contributed by atoms with Crippen LogP contribution in [-0.4, -0.2) is 0 Å². The molecular formula is C68H47N. The van der Waals surface area contributed by atoms with Crippen molar-refractivity contribution in [1.82, 2.24) is 0 Å². The fourth-order valence-corrected chi connectivity index (χ4v) is 10.2. The molecule has 324 valence electrons. The van der Waals surface area contributed by atoms with Crippen LogP contribution in [0.4, 0.5) is 17.1 Å². The summed E-state index contributed by atoms with van der Waals surface area (Å²) in [4.78, 5) is 2.46. The highest BCUT2D eigenvalue weighted by Gasteiger charge is 2.23. The third kappa shape index (κ3) is 7.97. The van der Waals surface area contributed by atoms with E-state index in [0.29, 0.717) is 0 Å². The normalized spacial score (nSPS) is 11.2. The Hall–Kier alpha value is -9.04. The molecule has 1 nitrogen and oxygen atoms in total. The molecule has 0 saturated heterocycles. The van der Waals surface area contributed by atoms with Gasteiger partial charge in [-0.3, -0.25) is 0 Å². The first-order valence-corrected chi connectivity index (χ1v) is 23.7. The number of hydrogen-bond donors (Lipinski definition) is 0. The van der Waals surface area contributed by atoms with Crippen molar-refractivity contribution >= 4 is 38.6 Å². The zero-order valence-electron chi connectivity index (χ0n) is 38.1. The van der Waals surface area contributed by atoms with E-state index in [1.165, 1.54) is 71.6 Å². The molecule has 0 spiro atoms. The molecule has 12 rings (SSSR count). The number of nitrogens with zero attached hydrogens (tertiary/aromatic N) is 1. The molecule has 0 aromatic heterocycles. The lowest BCUT2D eigenvalue weighted by Crippen LogP contribution is -2.12.